The molecule has 0 aromatic heterocycles. The number of rotatable bonds is 13. The second-order valence-electron chi connectivity index (χ2n) is 7.40. The summed E-state index contributed by atoms with van der Waals surface area (Å²) in [6.45, 7) is 2.10. The number of hydrogen-bond donors (Lipinski definition) is 2. The largest absolute Gasteiger partial charge is 0.469 e. The van der Waals surface area contributed by atoms with Crippen molar-refractivity contribution in [2.24, 2.45) is 11.8 Å². The third-order valence-corrected chi connectivity index (χ3v) is 5.15. The number of unbranched alkanes of at least 4 members (excludes halogenated alkanes) is 3. The highest BCUT2D eigenvalue weighted by Crippen LogP contribution is 2.33. The molecule has 1 saturated carbocycles. The SMILES string of the molecule is CCCCC[C@H](O)/C=C/[C@H]1[C@H](O)CC(=O)[C@@H]1CC(=O)CCCCC(=O)OC. The summed E-state index contributed by atoms with van der Waals surface area (Å²) < 4.78 is 4.56. The van der Waals surface area contributed by atoms with E-state index in [-0.39, 0.29) is 36.8 Å². The Hall–Kier alpha value is -1.53. The van der Waals surface area contributed by atoms with Crippen molar-refractivity contribution in [3.8, 4) is 0 Å². The maximum atomic E-state index is 12.2. The fourth-order valence-corrected chi connectivity index (χ4v) is 3.49. The molecule has 27 heavy (non-hydrogen) atoms. The number of Topliss-reactive ketones (excluding diaryl/α,β-unsaturated/α-hetero) is 2. The number of ether oxygens (including phenoxy) is 1. The number of esters is 1. The Bertz CT molecular complexity index is 513. The van der Waals surface area contributed by atoms with E-state index in [2.05, 4.69) is 11.7 Å². The van der Waals surface area contributed by atoms with Gasteiger partial charge in [0.2, 0.25) is 0 Å². The molecular formula is C21H34O6. The summed E-state index contributed by atoms with van der Waals surface area (Å²) in [6, 6.07) is 0. The molecule has 0 aliphatic heterocycles. The highest BCUT2D eigenvalue weighted by molar-refractivity contribution is 5.90. The molecule has 0 spiro atoms. The average molecular weight is 382 g/mol. The molecule has 0 radical (unpaired) electrons. The Morgan fingerprint density at radius 1 is 1.22 bits per heavy atom. The van der Waals surface area contributed by atoms with Gasteiger partial charge in [-0.1, -0.05) is 38.3 Å². The highest BCUT2D eigenvalue weighted by Gasteiger charge is 2.40. The van der Waals surface area contributed by atoms with Gasteiger partial charge in [0.25, 0.3) is 0 Å². The van der Waals surface area contributed by atoms with Crippen molar-refractivity contribution >= 4 is 17.5 Å². The van der Waals surface area contributed by atoms with Gasteiger partial charge in [-0.25, -0.2) is 0 Å². The third kappa shape index (κ3) is 8.80. The first-order chi connectivity index (χ1) is 12.9. The maximum absolute atomic E-state index is 12.2. The van der Waals surface area contributed by atoms with Crippen LogP contribution in [0.5, 0.6) is 0 Å². The van der Waals surface area contributed by atoms with Crippen LogP contribution in [0, 0.1) is 11.8 Å². The Morgan fingerprint density at radius 2 is 1.93 bits per heavy atom. The second kappa shape index (κ2) is 12.8. The molecule has 1 rings (SSSR count). The quantitative estimate of drug-likeness (QED) is 0.289. The molecular weight excluding hydrogens is 348 g/mol. The van der Waals surface area contributed by atoms with Crippen molar-refractivity contribution in [1.29, 1.82) is 0 Å². The van der Waals surface area contributed by atoms with E-state index in [4.69, 9.17) is 0 Å². The lowest BCUT2D eigenvalue weighted by Crippen LogP contribution is -2.22. The Balaban J connectivity index is 2.49. The highest BCUT2D eigenvalue weighted by atomic mass is 16.5. The van der Waals surface area contributed by atoms with E-state index in [0.717, 1.165) is 19.3 Å². The maximum Gasteiger partial charge on any atom is 0.305 e. The average Bonchev–Trinajstić information content (AvgIpc) is 2.89. The van der Waals surface area contributed by atoms with Gasteiger partial charge in [0.15, 0.2) is 0 Å². The first kappa shape index (κ1) is 23.5. The van der Waals surface area contributed by atoms with Gasteiger partial charge in [-0.3, -0.25) is 14.4 Å². The Morgan fingerprint density at radius 3 is 2.59 bits per heavy atom. The van der Waals surface area contributed by atoms with Crippen LogP contribution < -0.4 is 0 Å². The first-order valence-corrected chi connectivity index (χ1v) is 10.0. The zero-order valence-electron chi connectivity index (χ0n) is 16.6. The number of aliphatic hydroxyl groups is 2. The van der Waals surface area contributed by atoms with Crippen LogP contribution >= 0.6 is 0 Å². The summed E-state index contributed by atoms with van der Waals surface area (Å²) in [4.78, 5) is 35.4. The molecule has 0 bridgehead atoms. The number of carbonyl (C=O) groups excluding carboxylic acids is 3. The molecule has 0 aromatic carbocycles. The number of aliphatic hydroxyl groups excluding tert-OH is 2. The van der Waals surface area contributed by atoms with Crippen LogP contribution in [-0.4, -0.2) is 47.1 Å². The van der Waals surface area contributed by atoms with Gasteiger partial charge < -0.3 is 14.9 Å². The van der Waals surface area contributed by atoms with E-state index in [0.29, 0.717) is 25.7 Å². The predicted molar refractivity (Wildman–Crippen MR) is 102 cm³/mol. The number of hydrogen-bond acceptors (Lipinski definition) is 6. The van der Waals surface area contributed by atoms with Crippen LogP contribution in [0.15, 0.2) is 12.2 Å². The standard InChI is InChI=1S/C21H34O6/c1-3-4-5-8-15(22)11-12-17-18(20(25)14-19(17)24)13-16(23)9-6-7-10-21(26)27-2/h11-12,15,17-19,22,24H,3-10,13-14H2,1-2H3/b12-11+/t15-,17+,18+,19+/m0/s1. The zero-order chi connectivity index (χ0) is 20.2. The molecule has 0 unspecified atom stereocenters. The van der Waals surface area contributed by atoms with Crippen molar-refractivity contribution in [2.75, 3.05) is 7.11 Å². The summed E-state index contributed by atoms with van der Waals surface area (Å²) in [6.07, 6.45) is 7.61. The minimum Gasteiger partial charge on any atom is -0.469 e. The molecule has 6 heteroatoms. The fourth-order valence-electron chi connectivity index (χ4n) is 3.49. The van der Waals surface area contributed by atoms with Crippen LogP contribution in [0.1, 0.15) is 71.1 Å². The lowest BCUT2D eigenvalue weighted by molar-refractivity contribution is -0.140. The lowest BCUT2D eigenvalue weighted by Gasteiger charge is -2.17. The summed E-state index contributed by atoms with van der Waals surface area (Å²) in [7, 11) is 1.33. The molecule has 1 aliphatic rings. The summed E-state index contributed by atoms with van der Waals surface area (Å²) in [5, 5.41) is 20.2. The lowest BCUT2D eigenvalue weighted by atomic mass is 9.88. The molecule has 0 saturated heterocycles. The van der Waals surface area contributed by atoms with Gasteiger partial charge in [-0.15, -0.1) is 0 Å². The van der Waals surface area contributed by atoms with Crippen molar-refractivity contribution in [2.45, 2.75) is 83.3 Å². The molecule has 2 N–H and O–H groups in total. The second-order valence-corrected chi connectivity index (χ2v) is 7.40. The number of carbonyl (C=O) groups is 3. The molecule has 0 amide bonds. The number of methoxy groups -OCH3 is 1. The van der Waals surface area contributed by atoms with Crippen molar-refractivity contribution < 1.29 is 29.3 Å². The smallest absolute Gasteiger partial charge is 0.305 e. The molecule has 1 aliphatic carbocycles. The third-order valence-electron chi connectivity index (χ3n) is 5.15. The predicted octanol–water partition coefficient (Wildman–Crippen LogP) is 2.74. The normalized spacial score (nSPS) is 23.7. The first-order valence-electron chi connectivity index (χ1n) is 10.0. The van der Waals surface area contributed by atoms with Gasteiger partial charge in [0.1, 0.15) is 11.6 Å². The van der Waals surface area contributed by atoms with Crippen LogP contribution in [0.4, 0.5) is 0 Å². The molecule has 154 valence electrons. The topological polar surface area (TPSA) is 101 Å². The summed E-state index contributed by atoms with van der Waals surface area (Å²) >= 11 is 0. The van der Waals surface area contributed by atoms with Crippen LogP contribution in [0.3, 0.4) is 0 Å². The van der Waals surface area contributed by atoms with Gasteiger partial charge in [-0.05, 0) is 19.3 Å². The Kier molecular flexibility index (Phi) is 11.1. The molecule has 4 atom stereocenters. The van der Waals surface area contributed by atoms with Crippen molar-refractivity contribution in [3.05, 3.63) is 12.2 Å². The van der Waals surface area contributed by atoms with Gasteiger partial charge in [-0.2, -0.15) is 0 Å². The van der Waals surface area contributed by atoms with Crippen molar-refractivity contribution in [1.82, 2.24) is 0 Å². The van der Waals surface area contributed by atoms with E-state index >= 15 is 0 Å². The fraction of sp³-hybridized carbons (Fsp3) is 0.762. The van der Waals surface area contributed by atoms with Crippen LogP contribution in [0.2, 0.25) is 0 Å². The van der Waals surface area contributed by atoms with E-state index in [1.165, 1.54) is 7.11 Å². The zero-order valence-corrected chi connectivity index (χ0v) is 16.6. The summed E-state index contributed by atoms with van der Waals surface area (Å²) in [5.74, 6) is -1.36. The van der Waals surface area contributed by atoms with Crippen molar-refractivity contribution in [3.63, 3.8) is 0 Å². The molecule has 0 aromatic rings. The van der Waals surface area contributed by atoms with E-state index < -0.39 is 24.0 Å². The monoisotopic (exact) mass is 382 g/mol. The minimum atomic E-state index is -0.797. The van der Waals surface area contributed by atoms with Gasteiger partial charge in [0.05, 0.1) is 19.3 Å². The van der Waals surface area contributed by atoms with E-state index in [1.54, 1.807) is 12.2 Å². The Labute approximate surface area is 162 Å². The van der Waals surface area contributed by atoms with Crippen LogP contribution in [-0.2, 0) is 19.1 Å². The molecule has 6 nitrogen and oxygen atoms in total. The molecule has 0 heterocycles. The van der Waals surface area contributed by atoms with E-state index in [1.807, 2.05) is 0 Å². The number of ketones is 2. The van der Waals surface area contributed by atoms with Crippen LogP contribution in [0.25, 0.3) is 0 Å². The minimum absolute atomic E-state index is 0.0331. The van der Waals surface area contributed by atoms with Gasteiger partial charge >= 0.3 is 5.97 Å². The molecule has 1 fully saturated rings. The van der Waals surface area contributed by atoms with Gasteiger partial charge in [0, 0.05) is 37.5 Å². The summed E-state index contributed by atoms with van der Waals surface area (Å²) in [5.41, 5.74) is 0. The van der Waals surface area contributed by atoms with E-state index in [9.17, 15) is 24.6 Å².